The molecule has 0 amide bonds. The Labute approximate surface area is 126 Å². The molecule has 0 unspecified atom stereocenters. The van der Waals surface area contributed by atoms with Crippen LogP contribution in [0.3, 0.4) is 0 Å². The molecule has 0 fully saturated rings. The molecule has 1 heterocycles. The molecule has 0 saturated heterocycles. The average molecular weight is 307 g/mol. The van der Waals surface area contributed by atoms with E-state index in [1.165, 1.54) is 39.7 Å². The highest BCUT2D eigenvalue weighted by Gasteiger charge is 2.25. The number of nitrogens with zero attached hydrogens (tertiary/aromatic N) is 1. The quantitative estimate of drug-likeness (QED) is 0.915. The van der Waals surface area contributed by atoms with E-state index in [1.807, 2.05) is 0 Å². The van der Waals surface area contributed by atoms with Gasteiger partial charge in [0.25, 0.3) is 0 Å². The topological polar surface area (TPSA) is 77.9 Å². The van der Waals surface area contributed by atoms with Gasteiger partial charge in [0, 0.05) is 17.3 Å². The molecule has 2 aromatic rings. The van der Waals surface area contributed by atoms with E-state index >= 15 is 0 Å². The molecule has 0 bridgehead atoms. The van der Waals surface area contributed by atoms with E-state index in [1.54, 1.807) is 0 Å². The van der Waals surface area contributed by atoms with Crippen molar-refractivity contribution >= 4 is 5.97 Å². The Bertz CT molecular complexity index is 717. The van der Waals surface area contributed by atoms with Crippen LogP contribution in [0.5, 0.6) is 17.2 Å². The normalized spacial score (nSPS) is 10.2. The van der Waals surface area contributed by atoms with Crippen LogP contribution in [0.25, 0.3) is 11.1 Å². The van der Waals surface area contributed by atoms with Crippen LogP contribution in [0, 0.1) is 5.82 Å². The predicted octanol–water partition coefficient (Wildman–Crippen LogP) is 2.61. The van der Waals surface area contributed by atoms with Gasteiger partial charge >= 0.3 is 5.97 Å². The van der Waals surface area contributed by atoms with Gasteiger partial charge in [-0.05, 0) is 12.1 Å². The Balaban J connectivity index is 2.83. The number of aromatic carboxylic acids is 1. The summed E-state index contributed by atoms with van der Waals surface area (Å²) < 4.78 is 29.0. The van der Waals surface area contributed by atoms with E-state index in [2.05, 4.69) is 4.98 Å². The second-order valence-corrected chi connectivity index (χ2v) is 4.27. The summed E-state index contributed by atoms with van der Waals surface area (Å²) in [4.78, 5) is 15.2. The standard InChI is InChI=1S/C15H14FNO5/c1-20-12-10(8-4-9(16)7-17-6-8)5-11(15(18)19)13(21-2)14(12)22-3/h4-7H,1-3H3,(H,18,19). The monoisotopic (exact) mass is 307 g/mol. The molecule has 0 spiro atoms. The maximum absolute atomic E-state index is 13.4. The third kappa shape index (κ3) is 2.65. The first-order chi connectivity index (χ1) is 10.5. The second kappa shape index (κ2) is 6.30. The van der Waals surface area contributed by atoms with Gasteiger partial charge in [0.05, 0.1) is 27.5 Å². The van der Waals surface area contributed by atoms with E-state index in [0.717, 1.165) is 6.20 Å². The lowest BCUT2D eigenvalue weighted by Crippen LogP contribution is -2.05. The van der Waals surface area contributed by atoms with E-state index < -0.39 is 11.8 Å². The first kappa shape index (κ1) is 15.6. The Hall–Kier alpha value is -2.83. The summed E-state index contributed by atoms with van der Waals surface area (Å²) in [6.45, 7) is 0. The fraction of sp³-hybridized carbons (Fsp3) is 0.200. The predicted molar refractivity (Wildman–Crippen MR) is 76.2 cm³/mol. The van der Waals surface area contributed by atoms with E-state index in [4.69, 9.17) is 14.2 Å². The van der Waals surface area contributed by atoms with Crippen LogP contribution in [0.4, 0.5) is 4.39 Å². The number of carbonyl (C=O) groups is 1. The molecule has 0 radical (unpaired) electrons. The van der Waals surface area contributed by atoms with Gasteiger partial charge < -0.3 is 19.3 Å². The number of carboxylic acid groups (broad SMARTS) is 1. The van der Waals surface area contributed by atoms with Crippen molar-refractivity contribution < 1.29 is 28.5 Å². The zero-order chi connectivity index (χ0) is 16.3. The van der Waals surface area contributed by atoms with Crippen molar-refractivity contribution in [3.8, 4) is 28.4 Å². The Morgan fingerprint density at radius 1 is 1.05 bits per heavy atom. The number of hydrogen-bond donors (Lipinski definition) is 1. The van der Waals surface area contributed by atoms with Crippen LogP contribution in [0.2, 0.25) is 0 Å². The number of rotatable bonds is 5. The molecule has 0 aliphatic rings. The van der Waals surface area contributed by atoms with Crippen LogP contribution >= 0.6 is 0 Å². The average Bonchev–Trinajstić information content (AvgIpc) is 2.52. The number of halogens is 1. The van der Waals surface area contributed by atoms with Crippen molar-refractivity contribution in [3.63, 3.8) is 0 Å². The molecule has 6 nitrogen and oxygen atoms in total. The molecule has 22 heavy (non-hydrogen) atoms. The van der Waals surface area contributed by atoms with Crippen molar-refractivity contribution in [2.75, 3.05) is 21.3 Å². The van der Waals surface area contributed by atoms with Gasteiger partial charge in [-0.3, -0.25) is 4.98 Å². The first-order valence-corrected chi connectivity index (χ1v) is 6.20. The zero-order valence-electron chi connectivity index (χ0n) is 12.2. The lowest BCUT2D eigenvalue weighted by atomic mass is 10.0. The number of carboxylic acids is 1. The summed E-state index contributed by atoms with van der Waals surface area (Å²) in [5.74, 6) is -1.38. The highest BCUT2D eigenvalue weighted by atomic mass is 19.1. The van der Waals surface area contributed by atoms with Gasteiger partial charge in [0.1, 0.15) is 11.4 Å². The summed E-state index contributed by atoms with van der Waals surface area (Å²) in [5.41, 5.74) is 0.573. The second-order valence-electron chi connectivity index (χ2n) is 4.27. The molecule has 0 aliphatic carbocycles. The first-order valence-electron chi connectivity index (χ1n) is 6.20. The summed E-state index contributed by atoms with van der Waals surface area (Å²) in [6.07, 6.45) is 2.45. The number of ether oxygens (including phenoxy) is 3. The summed E-state index contributed by atoms with van der Waals surface area (Å²) >= 11 is 0. The Kier molecular flexibility index (Phi) is 4.45. The fourth-order valence-corrected chi connectivity index (χ4v) is 2.15. The van der Waals surface area contributed by atoms with Crippen molar-refractivity contribution in [1.82, 2.24) is 4.98 Å². The third-order valence-electron chi connectivity index (χ3n) is 3.05. The van der Waals surface area contributed by atoms with E-state index in [0.29, 0.717) is 11.1 Å². The number of aromatic nitrogens is 1. The van der Waals surface area contributed by atoms with E-state index in [9.17, 15) is 14.3 Å². The maximum Gasteiger partial charge on any atom is 0.339 e. The molecule has 0 atom stereocenters. The zero-order valence-corrected chi connectivity index (χ0v) is 12.2. The molecule has 1 aromatic heterocycles. The number of methoxy groups -OCH3 is 3. The van der Waals surface area contributed by atoms with Gasteiger partial charge in [0.2, 0.25) is 5.75 Å². The molecular weight excluding hydrogens is 293 g/mol. The SMILES string of the molecule is COc1c(C(=O)O)cc(-c2cncc(F)c2)c(OC)c1OC. The summed E-state index contributed by atoms with van der Waals surface area (Å²) in [7, 11) is 4.08. The largest absolute Gasteiger partial charge is 0.492 e. The van der Waals surface area contributed by atoms with Crippen molar-refractivity contribution in [2.24, 2.45) is 0 Å². The summed E-state index contributed by atoms with van der Waals surface area (Å²) in [5, 5.41) is 9.34. The van der Waals surface area contributed by atoms with Crippen molar-refractivity contribution in [3.05, 3.63) is 35.9 Å². The minimum atomic E-state index is -1.21. The van der Waals surface area contributed by atoms with Gasteiger partial charge in [-0.2, -0.15) is 0 Å². The van der Waals surface area contributed by atoms with Gasteiger partial charge in [-0.15, -0.1) is 0 Å². The summed E-state index contributed by atoms with van der Waals surface area (Å²) in [6, 6.07) is 2.56. The number of pyridine rings is 1. The maximum atomic E-state index is 13.4. The Morgan fingerprint density at radius 2 is 1.68 bits per heavy atom. The fourth-order valence-electron chi connectivity index (χ4n) is 2.15. The minimum Gasteiger partial charge on any atom is -0.492 e. The molecule has 0 saturated carbocycles. The lowest BCUT2D eigenvalue weighted by Gasteiger charge is -2.18. The van der Waals surface area contributed by atoms with E-state index in [-0.39, 0.29) is 22.8 Å². The van der Waals surface area contributed by atoms with Crippen LogP contribution in [-0.2, 0) is 0 Å². The molecule has 116 valence electrons. The van der Waals surface area contributed by atoms with Gasteiger partial charge in [-0.1, -0.05) is 0 Å². The highest BCUT2D eigenvalue weighted by molar-refractivity contribution is 5.96. The van der Waals surface area contributed by atoms with Gasteiger partial charge in [0.15, 0.2) is 11.5 Å². The lowest BCUT2D eigenvalue weighted by molar-refractivity contribution is 0.0692. The highest BCUT2D eigenvalue weighted by Crippen LogP contribution is 2.46. The Morgan fingerprint density at radius 3 is 2.18 bits per heavy atom. The van der Waals surface area contributed by atoms with Crippen LogP contribution in [0.15, 0.2) is 24.5 Å². The molecule has 1 N–H and O–H groups in total. The van der Waals surface area contributed by atoms with Gasteiger partial charge in [-0.25, -0.2) is 9.18 Å². The van der Waals surface area contributed by atoms with Crippen LogP contribution < -0.4 is 14.2 Å². The van der Waals surface area contributed by atoms with Crippen LogP contribution in [0.1, 0.15) is 10.4 Å². The molecule has 0 aliphatic heterocycles. The molecule has 7 heteroatoms. The smallest absolute Gasteiger partial charge is 0.339 e. The number of benzene rings is 1. The minimum absolute atomic E-state index is 0.0277. The number of hydrogen-bond acceptors (Lipinski definition) is 5. The molecule has 2 rings (SSSR count). The van der Waals surface area contributed by atoms with Crippen molar-refractivity contribution in [2.45, 2.75) is 0 Å². The van der Waals surface area contributed by atoms with Crippen LogP contribution in [-0.4, -0.2) is 37.4 Å². The van der Waals surface area contributed by atoms with Crippen molar-refractivity contribution in [1.29, 1.82) is 0 Å². The molecular formula is C15H14FNO5. The molecule has 1 aromatic carbocycles. The third-order valence-corrected chi connectivity index (χ3v) is 3.05.